The lowest BCUT2D eigenvalue weighted by Gasteiger charge is -2.32. The van der Waals surface area contributed by atoms with Gasteiger partial charge < -0.3 is 10.2 Å². The molecule has 0 bridgehead atoms. The summed E-state index contributed by atoms with van der Waals surface area (Å²) < 4.78 is 0. The van der Waals surface area contributed by atoms with Crippen molar-refractivity contribution in [2.24, 2.45) is 5.92 Å². The minimum absolute atomic E-state index is 0.857. The van der Waals surface area contributed by atoms with Gasteiger partial charge >= 0.3 is 0 Å². The predicted octanol–water partition coefficient (Wildman–Crippen LogP) is 2.27. The fourth-order valence-electron chi connectivity index (χ4n) is 2.37. The Balaban J connectivity index is 2.26. The third-order valence-electron chi connectivity index (χ3n) is 3.44. The van der Waals surface area contributed by atoms with Gasteiger partial charge in [-0.25, -0.2) is 0 Å². The van der Waals surface area contributed by atoms with Gasteiger partial charge in [0.1, 0.15) is 0 Å². The molecule has 0 aromatic heterocycles. The van der Waals surface area contributed by atoms with Crippen molar-refractivity contribution in [3.63, 3.8) is 0 Å². The monoisotopic (exact) mass is 210 g/mol. The summed E-state index contributed by atoms with van der Waals surface area (Å²) in [4.78, 5) is 2.58. The molecular formula is C13H26N2. The maximum absolute atomic E-state index is 3.22. The zero-order valence-electron chi connectivity index (χ0n) is 10.6. The standard InChI is InChI=1S/C13H26N2/c1-4-5-12(2)13-6-9-15(10-7-13)11-8-14-3/h5,13-14H,4,6-11H2,1-3H3/b12-5+. The molecule has 15 heavy (non-hydrogen) atoms. The molecule has 0 amide bonds. The molecule has 1 fully saturated rings. The number of rotatable bonds is 5. The number of hydrogen-bond acceptors (Lipinski definition) is 2. The van der Waals surface area contributed by atoms with E-state index in [4.69, 9.17) is 0 Å². The van der Waals surface area contributed by atoms with Crippen LogP contribution in [0.25, 0.3) is 0 Å². The van der Waals surface area contributed by atoms with E-state index >= 15 is 0 Å². The Bertz CT molecular complexity index is 191. The van der Waals surface area contributed by atoms with Gasteiger partial charge in [0, 0.05) is 13.1 Å². The Labute approximate surface area is 94.7 Å². The van der Waals surface area contributed by atoms with E-state index in [-0.39, 0.29) is 0 Å². The normalized spacial score (nSPS) is 20.9. The molecular weight excluding hydrogens is 184 g/mol. The fraction of sp³-hybridized carbons (Fsp3) is 0.846. The molecule has 0 atom stereocenters. The molecule has 0 saturated carbocycles. The summed E-state index contributed by atoms with van der Waals surface area (Å²) in [6.07, 6.45) is 6.29. The van der Waals surface area contributed by atoms with E-state index < -0.39 is 0 Å². The average Bonchev–Trinajstić information content (AvgIpc) is 2.27. The molecule has 1 aliphatic rings. The van der Waals surface area contributed by atoms with Crippen LogP contribution >= 0.6 is 0 Å². The predicted molar refractivity (Wildman–Crippen MR) is 67.1 cm³/mol. The van der Waals surface area contributed by atoms with Crippen LogP contribution in [0.5, 0.6) is 0 Å². The van der Waals surface area contributed by atoms with Crippen LogP contribution in [0.2, 0.25) is 0 Å². The van der Waals surface area contributed by atoms with Crippen LogP contribution in [0.3, 0.4) is 0 Å². The first-order valence-corrected chi connectivity index (χ1v) is 6.31. The zero-order chi connectivity index (χ0) is 11.1. The van der Waals surface area contributed by atoms with Crippen molar-refractivity contribution in [1.29, 1.82) is 0 Å². The first-order chi connectivity index (χ1) is 7.27. The molecule has 0 unspecified atom stereocenters. The molecule has 2 heteroatoms. The average molecular weight is 210 g/mol. The second-order valence-electron chi connectivity index (χ2n) is 4.58. The third-order valence-corrected chi connectivity index (χ3v) is 3.44. The highest BCUT2D eigenvalue weighted by Gasteiger charge is 2.19. The molecule has 2 nitrogen and oxygen atoms in total. The van der Waals surface area contributed by atoms with Gasteiger partial charge in [-0.05, 0) is 52.2 Å². The smallest absolute Gasteiger partial charge is 0.0107 e. The lowest BCUT2D eigenvalue weighted by atomic mass is 9.89. The van der Waals surface area contributed by atoms with E-state index in [2.05, 4.69) is 30.1 Å². The maximum Gasteiger partial charge on any atom is 0.0107 e. The summed E-state index contributed by atoms with van der Waals surface area (Å²) in [6, 6.07) is 0. The summed E-state index contributed by atoms with van der Waals surface area (Å²) in [6.45, 7) is 9.42. The van der Waals surface area contributed by atoms with Crippen molar-refractivity contribution in [3.05, 3.63) is 11.6 Å². The number of allylic oxidation sites excluding steroid dienone is 2. The first kappa shape index (κ1) is 12.7. The summed E-state index contributed by atoms with van der Waals surface area (Å²) in [7, 11) is 2.03. The Kier molecular flexibility index (Phi) is 5.96. The number of likely N-dealkylation sites (tertiary alicyclic amines) is 1. The topological polar surface area (TPSA) is 15.3 Å². The lowest BCUT2D eigenvalue weighted by Crippen LogP contribution is -2.37. The van der Waals surface area contributed by atoms with E-state index in [0.717, 1.165) is 12.5 Å². The fourth-order valence-corrected chi connectivity index (χ4v) is 2.37. The molecule has 88 valence electrons. The molecule has 0 aromatic rings. The van der Waals surface area contributed by atoms with Crippen LogP contribution < -0.4 is 5.32 Å². The Morgan fingerprint density at radius 1 is 1.40 bits per heavy atom. The highest BCUT2D eigenvalue weighted by molar-refractivity contribution is 5.04. The number of hydrogen-bond donors (Lipinski definition) is 1. The van der Waals surface area contributed by atoms with Crippen LogP contribution in [0, 0.1) is 5.92 Å². The largest absolute Gasteiger partial charge is 0.318 e. The van der Waals surface area contributed by atoms with E-state index in [1.54, 1.807) is 5.57 Å². The van der Waals surface area contributed by atoms with Gasteiger partial charge in [0.25, 0.3) is 0 Å². The van der Waals surface area contributed by atoms with Crippen LogP contribution in [0.15, 0.2) is 11.6 Å². The van der Waals surface area contributed by atoms with Crippen LogP contribution in [-0.2, 0) is 0 Å². The molecule has 1 rings (SSSR count). The van der Waals surface area contributed by atoms with Crippen molar-refractivity contribution in [1.82, 2.24) is 10.2 Å². The minimum atomic E-state index is 0.857. The summed E-state index contributed by atoms with van der Waals surface area (Å²) in [5.41, 5.74) is 1.62. The van der Waals surface area contributed by atoms with Gasteiger partial charge in [-0.15, -0.1) is 0 Å². The highest BCUT2D eigenvalue weighted by Crippen LogP contribution is 2.24. The van der Waals surface area contributed by atoms with Crippen LogP contribution in [0.4, 0.5) is 0 Å². The second-order valence-corrected chi connectivity index (χ2v) is 4.58. The van der Waals surface area contributed by atoms with Crippen molar-refractivity contribution in [2.45, 2.75) is 33.1 Å². The van der Waals surface area contributed by atoms with Gasteiger partial charge in [0.15, 0.2) is 0 Å². The number of likely N-dealkylation sites (N-methyl/N-ethyl adjacent to an activating group) is 1. The van der Waals surface area contributed by atoms with Gasteiger partial charge in [-0.3, -0.25) is 0 Å². The van der Waals surface area contributed by atoms with Crippen molar-refractivity contribution in [3.8, 4) is 0 Å². The Morgan fingerprint density at radius 3 is 2.60 bits per heavy atom. The van der Waals surface area contributed by atoms with Gasteiger partial charge in [0.05, 0.1) is 0 Å². The van der Waals surface area contributed by atoms with Gasteiger partial charge in [-0.2, -0.15) is 0 Å². The first-order valence-electron chi connectivity index (χ1n) is 6.31. The SMILES string of the molecule is CC/C=C(\C)C1CCN(CCNC)CC1. The highest BCUT2D eigenvalue weighted by atomic mass is 15.1. The van der Waals surface area contributed by atoms with Crippen LogP contribution in [0.1, 0.15) is 33.1 Å². The van der Waals surface area contributed by atoms with Gasteiger partial charge in [-0.1, -0.05) is 18.6 Å². The summed E-state index contributed by atoms with van der Waals surface area (Å²) in [5, 5.41) is 3.22. The molecule has 0 radical (unpaired) electrons. The molecule has 0 spiro atoms. The van der Waals surface area contributed by atoms with E-state index in [1.165, 1.54) is 38.9 Å². The number of nitrogens with zero attached hydrogens (tertiary/aromatic N) is 1. The van der Waals surface area contributed by atoms with Crippen molar-refractivity contribution >= 4 is 0 Å². The molecule has 1 N–H and O–H groups in total. The molecule has 0 aliphatic carbocycles. The van der Waals surface area contributed by atoms with Crippen molar-refractivity contribution < 1.29 is 0 Å². The minimum Gasteiger partial charge on any atom is -0.318 e. The summed E-state index contributed by atoms with van der Waals surface area (Å²) in [5.74, 6) is 0.857. The van der Waals surface area contributed by atoms with Crippen molar-refractivity contribution in [2.75, 3.05) is 33.2 Å². The zero-order valence-corrected chi connectivity index (χ0v) is 10.6. The molecule has 1 saturated heterocycles. The Morgan fingerprint density at radius 2 is 2.07 bits per heavy atom. The molecule has 1 aliphatic heterocycles. The van der Waals surface area contributed by atoms with E-state index in [9.17, 15) is 0 Å². The molecule has 1 heterocycles. The quantitative estimate of drug-likeness (QED) is 0.700. The van der Waals surface area contributed by atoms with E-state index in [1.807, 2.05) is 7.05 Å². The summed E-state index contributed by atoms with van der Waals surface area (Å²) >= 11 is 0. The van der Waals surface area contributed by atoms with E-state index in [0.29, 0.717) is 0 Å². The third kappa shape index (κ3) is 4.35. The molecule has 0 aromatic carbocycles. The lowest BCUT2D eigenvalue weighted by molar-refractivity contribution is 0.200. The number of piperidine rings is 1. The van der Waals surface area contributed by atoms with Crippen LogP contribution in [-0.4, -0.2) is 38.1 Å². The number of nitrogens with one attached hydrogen (secondary N) is 1. The maximum atomic E-state index is 3.22. The second kappa shape index (κ2) is 7.02. The Hall–Kier alpha value is -0.340. The van der Waals surface area contributed by atoms with Gasteiger partial charge in [0.2, 0.25) is 0 Å².